The number of nitrogens with zero attached hydrogens (tertiary/aromatic N) is 1. The zero-order valence-corrected chi connectivity index (χ0v) is 63.9. The molecule has 23 N–H and O–H groups in total. The van der Waals surface area contributed by atoms with Crippen molar-refractivity contribution in [2.45, 2.75) is 264 Å². The van der Waals surface area contributed by atoms with Gasteiger partial charge in [-0.3, -0.25) is 38.4 Å². The molecule has 4 saturated heterocycles. The summed E-state index contributed by atoms with van der Waals surface area (Å²) < 4.78 is 56.7. The minimum absolute atomic E-state index is 0.0221. The number of nitrogens with one attached hydrogen (secondary N) is 7. The molecule has 4 fully saturated rings. The molecule has 0 spiro atoms. The highest BCUT2D eigenvalue weighted by Gasteiger charge is 2.46. The molecule has 0 aliphatic carbocycles. The number of likely N-dealkylation sites (tertiary alicyclic amines) is 1. The second-order valence-corrected chi connectivity index (χ2v) is 28.4. The number of rotatable bonds is 60. The second kappa shape index (κ2) is 56.2. The molecular formula is C71H131N11O28. The molecular weight excluding hydrogens is 1450 g/mol. The Morgan fingerprint density at radius 3 is 1.02 bits per heavy atom. The predicted octanol–water partition coefficient (Wildman–Crippen LogP) is -6.48. The summed E-state index contributed by atoms with van der Waals surface area (Å²) in [5, 5.41) is 119. The molecule has 0 bridgehead atoms. The molecule has 8 amide bonds. The minimum Gasteiger partial charge on any atom is -0.394 e. The van der Waals surface area contributed by atoms with Crippen LogP contribution in [0.1, 0.15) is 154 Å². The Morgan fingerprint density at radius 1 is 0.391 bits per heavy atom. The number of unbranched alkanes of at least 4 members (excludes halogenated alkanes) is 8. The summed E-state index contributed by atoms with van der Waals surface area (Å²) in [5.41, 5.74) is 16.3. The number of amides is 8. The molecule has 0 aromatic heterocycles. The van der Waals surface area contributed by atoms with Gasteiger partial charge in [-0.05, 0) is 77.0 Å². The summed E-state index contributed by atoms with van der Waals surface area (Å²) in [5.74, 6) is -2.13. The molecule has 15 unspecified atom stereocenters. The number of ether oxygens (including phenoxy) is 10. The molecule has 4 aliphatic heterocycles. The molecule has 4 aliphatic rings. The number of aliphatic hydroxyl groups is 10. The number of methoxy groups -OCH3 is 1. The molecule has 0 saturated carbocycles. The maximum absolute atomic E-state index is 14.0. The van der Waals surface area contributed by atoms with Gasteiger partial charge in [-0.15, -0.1) is 0 Å². The topological polar surface area (TPSA) is 597 Å². The van der Waals surface area contributed by atoms with Gasteiger partial charge < -0.3 is 158 Å². The first-order valence-electron chi connectivity index (χ1n) is 39.0. The van der Waals surface area contributed by atoms with Gasteiger partial charge in [-0.25, -0.2) is 0 Å². The largest absolute Gasteiger partial charge is 0.394 e. The summed E-state index contributed by atoms with van der Waals surface area (Å²) in [6.45, 7) is -0.0842. The molecule has 4 heterocycles. The summed E-state index contributed by atoms with van der Waals surface area (Å²) in [6.07, 6.45) is -5.64. The van der Waals surface area contributed by atoms with E-state index in [0.29, 0.717) is 96.5 Å². The van der Waals surface area contributed by atoms with E-state index < -0.39 is 123 Å². The van der Waals surface area contributed by atoms with E-state index in [2.05, 4.69) is 37.2 Å². The fourth-order valence-electron chi connectivity index (χ4n) is 12.5. The number of β-amino-alcohol motifs (C(OH)–C–C–N with tert-alkyl or cyclic N) is 1. The Balaban J connectivity index is 1.27. The van der Waals surface area contributed by atoms with Crippen LogP contribution in [0.2, 0.25) is 0 Å². The lowest BCUT2D eigenvalue weighted by Crippen LogP contribution is -2.62. The van der Waals surface area contributed by atoms with E-state index in [9.17, 15) is 89.4 Å². The maximum Gasteiger partial charge on any atom is 0.222 e. The summed E-state index contributed by atoms with van der Waals surface area (Å²) >= 11 is 0. The van der Waals surface area contributed by atoms with Gasteiger partial charge in [0.25, 0.3) is 0 Å². The molecule has 0 radical (unpaired) electrons. The number of carbonyl (C=O) groups excluding carboxylic acids is 8. The number of hydrogen-bond acceptors (Lipinski definition) is 31. The van der Waals surface area contributed by atoms with Gasteiger partial charge >= 0.3 is 0 Å². The van der Waals surface area contributed by atoms with Crippen molar-refractivity contribution in [3.63, 3.8) is 0 Å². The van der Waals surface area contributed by atoms with Crippen molar-refractivity contribution in [2.24, 2.45) is 17.2 Å². The highest BCUT2D eigenvalue weighted by molar-refractivity contribution is 5.79. The molecule has 39 nitrogen and oxygen atoms in total. The van der Waals surface area contributed by atoms with Gasteiger partial charge in [0.15, 0.2) is 18.9 Å². The third kappa shape index (κ3) is 37.9. The van der Waals surface area contributed by atoms with Crippen LogP contribution in [-0.4, -0.2) is 352 Å². The molecule has 638 valence electrons. The fraction of sp³-hybridized carbons (Fsp3) is 0.887. The minimum atomic E-state index is -1.41. The quantitative estimate of drug-likeness (QED) is 0.0252. The monoisotopic (exact) mass is 1590 g/mol. The maximum atomic E-state index is 14.0. The van der Waals surface area contributed by atoms with Gasteiger partial charge in [0, 0.05) is 124 Å². The fourth-order valence-corrected chi connectivity index (χ4v) is 12.5. The van der Waals surface area contributed by atoms with Crippen molar-refractivity contribution >= 4 is 47.3 Å². The number of aliphatic hydroxyl groups excluding tert-OH is 10. The predicted molar refractivity (Wildman–Crippen MR) is 391 cm³/mol. The Bertz CT molecular complexity index is 2390. The summed E-state index contributed by atoms with van der Waals surface area (Å²) in [6, 6.07) is -3.26. The van der Waals surface area contributed by atoms with Crippen LogP contribution in [0.4, 0.5) is 0 Å². The van der Waals surface area contributed by atoms with E-state index in [4.69, 9.17) is 64.6 Å². The lowest BCUT2D eigenvalue weighted by atomic mass is 9.98. The Labute approximate surface area is 643 Å². The van der Waals surface area contributed by atoms with Crippen LogP contribution in [-0.2, 0) is 85.7 Å². The van der Waals surface area contributed by atoms with E-state index in [0.717, 1.165) is 19.3 Å². The van der Waals surface area contributed by atoms with E-state index in [-0.39, 0.29) is 204 Å². The van der Waals surface area contributed by atoms with Gasteiger partial charge in [-0.2, -0.15) is 0 Å². The zero-order valence-electron chi connectivity index (χ0n) is 63.9. The lowest BCUT2D eigenvalue weighted by molar-refractivity contribution is -0.265. The van der Waals surface area contributed by atoms with Gasteiger partial charge in [0.05, 0.1) is 96.3 Å². The van der Waals surface area contributed by atoms with Crippen molar-refractivity contribution < 1.29 is 137 Å². The summed E-state index contributed by atoms with van der Waals surface area (Å²) in [7, 11) is 1.56. The van der Waals surface area contributed by atoms with Crippen molar-refractivity contribution in [3.05, 3.63) is 0 Å². The molecule has 110 heavy (non-hydrogen) atoms. The number of carbonyl (C=O) groups is 8. The Hall–Kier alpha value is -5.16. The van der Waals surface area contributed by atoms with Crippen LogP contribution < -0.4 is 54.4 Å². The van der Waals surface area contributed by atoms with Gasteiger partial charge in [0.1, 0.15) is 60.5 Å². The van der Waals surface area contributed by atoms with Gasteiger partial charge in [-0.1, -0.05) is 25.7 Å². The smallest absolute Gasteiger partial charge is 0.222 e. The molecule has 4 rings (SSSR count). The highest BCUT2D eigenvalue weighted by atomic mass is 16.7. The average molecular weight is 1590 g/mol. The van der Waals surface area contributed by atoms with Crippen LogP contribution in [0, 0.1) is 0 Å². The number of hydrogen-bond donors (Lipinski definition) is 20. The average Bonchev–Trinajstić information content (AvgIpc) is 1.03. The van der Waals surface area contributed by atoms with Crippen LogP contribution in [0.5, 0.6) is 0 Å². The van der Waals surface area contributed by atoms with Crippen molar-refractivity contribution in [2.75, 3.05) is 139 Å². The Kier molecular flexibility index (Phi) is 49.6. The van der Waals surface area contributed by atoms with E-state index >= 15 is 0 Å². The third-order valence-corrected chi connectivity index (χ3v) is 19.1. The molecule has 0 aromatic carbocycles. The zero-order chi connectivity index (χ0) is 80.6. The number of nitrogens with two attached hydrogens (primary N) is 3. The SMILES string of the molecule is COC[C@@H]1C[C@@H](O)CN1C(=O)CCCCCCCCC(=O)NC(COCCC(=O)NCCCNC(=O)CCCCOC1OC(CO)C(O)C(O)C1N)(COCCC(=O)NCCCNC(=O)CCCCOC1OC(CO)C(O)C(O)C1N)COCCC(=O)NCCCNC(=O)CCCCOC1OC(CO)C(O)C(O)C1N. The first-order chi connectivity index (χ1) is 52.9. The van der Waals surface area contributed by atoms with Crippen LogP contribution >= 0.6 is 0 Å². The van der Waals surface area contributed by atoms with Crippen molar-refractivity contribution in [1.82, 2.24) is 42.1 Å². The normalized spacial score (nSPS) is 26.7. The van der Waals surface area contributed by atoms with Crippen LogP contribution in [0.15, 0.2) is 0 Å². The van der Waals surface area contributed by atoms with E-state index in [1.807, 2.05) is 0 Å². The molecule has 17 atom stereocenters. The van der Waals surface area contributed by atoms with E-state index in [1.54, 1.807) is 12.0 Å². The van der Waals surface area contributed by atoms with Crippen molar-refractivity contribution in [1.29, 1.82) is 0 Å². The van der Waals surface area contributed by atoms with E-state index in [1.165, 1.54) is 0 Å². The molecule has 0 aromatic rings. The van der Waals surface area contributed by atoms with Gasteiger partial charge in [0.2, 0.25) is 47.3 Å². The van der Waals surface area contributed by atoms with Crippen LogP contribution in [0.25, 0.3) is 0 Å². The molecule has 39 heteroatoms. The lowest BCUT2D eigenvalue weighted by Gasteiger charge is -2.40. The first kappa shape index (κ1) is 97.2. The van der Waals surface area contributed by atoms with Crippen molar-refractivity contribution in [3.8, 4) is 0 Å². The second-order valence-electron chi connectivity index (χ2n) is 28.4. The standard InChI is InChI=1S/C71H131N11O28/c1-101-42-46-37-47(86)38-82(46)58(94)21-7-5-3-2-4-6-20-57(93)81-71(43-102-34-22-54(90)78-28-14-25-75-51(87)17-8-11-31-105-68-59(72)65(98)62(95)48(39-83)108-68,44-103-35-23-55(91)79-29-15-26-76-52(88)18-9-12-32-106-69-60(73)66(99)63(96)49(40-84)109-69)45-104-36-24-56(92)80-30-16-27-77-53(89)19-10-13-33-107-70-61(74)67(100)64(97)50(41-85)110-70/h46-50,59-70,83-86,95-100H,2-45,72-74H2,1H3,(H,75,87)(H,76,88)(H,77,89)(H,78,90)(H,79,91)(H,80,92)(H,81,93)/t46-,47+,48?,49?,50?,59?,60?,61?,62?,63?,64?,65?,66?,67?,68?,69?,70?,71?/m0/s1. The Morgan fingerprint density at radius 2 is 0.691 bits per heavy atom. The highest BCUT2D eigenvalue weighted by Crippen LogP contribution is 2.25. The first-order valence-corrected chi connectivity index (χ1v) is 39.0. The third-order valence-electron chi connectivity index (χ3n) is 19.1. The summed E-state index contributed by atoms with van der Waals surface area (Å²) in [4.78, 5) is 105. The van der Waals surface area contributed by atoms with Crippen LogP contribution in [0.3, 0.4) is 0 Å².